The number of halogens is 1. The summed E-state index contributed by atoms with van der Waals surface area (Å²) in [6.45, 7) is 3.50. The van der Waals surface area contributed by atoms with Gasteiger partial charge in [-0.1, -0.05) is 16.8 Å². The fraction of sp³-hybridized carbons (Fsp3) is 0.182. The molecule has 0 atom stereocenters. The van der Waals surface area contributed by atoms with Gasteiger partial charge in [0.05, 0.1) is 11.9 Å². The number of aryl methyl sites for hydroxylation is 2. The third-order valence-electron chi connectivity index (χ3n) is 2.35. The lowest BCUT2D eigenvalue weighted by molar-refractivity contribution is 0.102. The molecule has 0 aliphatic rings. The molecule has 0 fully saturated rings. The molecule has 0 saturated heterocycles. The van der Waals surface area contributed by atoms with Gasteiger partial charge in [-0.25, -0.2) is 4.98 Å². The van der Waals surface area contributed by atoms with Gasteiger partial charge in [0.15, 0.2) is 5.15 Å². The Labute approximate surface area is 103 Å². The summed E-state index contributed by atoms with van der Waals surface area (Å²) in [7, 11) is 0. The molecule has 0 saturated carbocycles. The van der Waals surface area contributed by atoms with Crippen LogP contribution in [0.3, 0.4) is 0 Å². The highest BCUT2D eigenvalue weighted by atomic mass is 35.5. The Morgan fingerprint density at radius 3 is 2.82 bits per heavy atom. The summed E-state index contributed by atoms with van der Waals surface area (Å²) in [5.74, 6) is 0.141. The van der Waals surface area contributed by atoms with Crippen LogP contribution in [-0.2, 0) is 0 Å². The average molecular weight is 252 g/mol. The van der Waals surface area contributed by atoms with Gasteiger partial charge in [-0.3, -0.25) is 4.79 Å². The van der Waals surface area contributed by atoms with Crippen molar-refractivity contribution < 1.29 is 9.32 Å². The normalized spacial score (nSPS) is 10.3. The highest BCUT2D eigenvalue weighted by Gasteiger charge is 2.15. The molecule has 0 aliphatic heterocycles. The Kier molecular flexibility index (Phi) is 3.10. The van der Waals surface area contributed by atoms with E-state index in [1.54, 1.807) is 19.2 Å². The Hall–Kier alpha value is -1.88. The van der Waals surface area contributed by atoms with Gasteiger partial charge in [-0.05, 0) is 25.5 Å². The summed E-state index contributed by atoms with van der Waals surface area (Å²) in [6.07, 6.45) is 2.95. The zero-order valence-corrected chi connectivity index (χ0v) is 10.1. The number of carbonyl (C=O) groups is 1. The Morgan fingerprint density at radius 2 is 2.24 bits per heavy atom. The number of amides is 1. The van der Waals surface area contributed by atoms with E-state index in [4.69, 9.17) is 16.1 Å². The molecule has 2 aromatic heterocycles. The second-order valence-electron chi connectivity index (χ2n) is 3.54. The first-order valence-corrected chi connectivity index (χ1v) is 5.31. The zero-order chi connectivity index (χ0) is 12.4. The maximum Gasteiger partial charge on any atom is 0.260 e. The maximum absolute atomic E-state index is 11.9. The molecule has 0 bridgehead atoms. The molecular weight excluding hydrogens is 242 g/mol. The number of hydrogen-bond acceptors (Lipinski definition) is 4. The largest absolute Gasteiger partial charge is 0.361 e. The molecule has 2 rings (SSSR count). The van der Waals surface area contributed by atoms with Gasteiger partial charge in [0.1, 0.15) is 11.3 Å². The van der Waals surface area contributed by atoms with Crippen LogP contribution in [0, 0.1) is 13.8 Å². The summed E-state index contributed by atoms with van der Waals surface area (Å²) in [4.78, 5) is 15.8. The van der Waals surface area contributed by atoms with Crippen molar-refractivity contribution in [1.29, 1.82) is 0 Å². The number of hydrogen-bond donors (Lipinski definition) is 1. The summed E-state index contributed by atoms with van der Waals surface area (Å²) >= 11 is 5.91. The van der Waals surface area contributed by atoms with Crippen LogP contribution in [0.15, 0.2) is 23.0 Å². The Balaban J connectivity index is 2.28. The molecule has 17 heavy (non-hydrogen) atoms. The fourth-order valence-corrected chi connectivity index (χ4v) is 1.63. The summed E-state index contributed by atoms with van der Waals surface area (Å²) < 4.78 is 4.82. The van der Waals surface area contributed by atoms with Crippen LogP contribution in [0.2, 0.25) is 5.15 Å². The molecule has 0 unspecified atom stereocenters. The van der Waals surface area contributed by atoms with Gasteiger partial charge in [0.25, 0.3) is 5.91 Å². The van der Waals surface area contributed by atoms with Gasteiger partial charge < -0.3 is 9.84 Å². The van der Waals surface area contributed by atoms with Crippen LogP contribution in [0.5, 0.6) is 0 Å². The van der Waals surface area contributed by atoms with E-state index in [1.165, 1.54) is 6.20 Å². The first-order chi connectivity index (χ1) is 8.09. The molecule has 88 valence electrons. The third-order valence-corrected chi connectivity index (χ3v) is 2.63. The molecule has 0 aromatic carbocycles. The SMILES string of the molecule is Cc1ccnc(Cl)c1NC(=O)c1cnoc1C. The van der Waals surface area contributed by atoms with E-state index in [-0.39, 0.29) is 11.1 Å². The molecule has 0 radical (unpaired) electrons. The molecule has 1 N–H and O–H groups in total. The van der Waals surface area contributed by atoms with Gasteiger partial charge in [0.2, 0.25) is 0 Å². The van der Waals surface area contributed by atoms with Gasteiger partial charge in [0, 0.05) is 6.20 Å². The van der Waals surface area contributed by atoms with Crippen LogP contribution >= 0.6 is 11.6 Å². The first kappa shape index (κ1) is 11.6. The quantitative estimate of drug-likeness (QED) is 0.833. The second kappa shape index (κ2) is 4.55. The summed E-state index contributed by atoms with van der Waals surface area (Å²) in [6, 6.07) is 1.77. The monoisotopic (exact) mass is 251 g/mol. The molecule has 5 nitrogen and oxygen atoms in total. The number of nitrogens with zero attached hydrogens (tertiary/aromatic N) is 2. The van der Waals surface area contributed by atoms with Gasteiger partial charge in [-0.15, -0.1) is 0 Å². The lowest BCUT2D eigenvalue weighted by Crippen LogP contribution is -2.13. The van der Waals surface area contributed by atoms with Crippen LogP contribution in [0.1, 0.15) is 21.7 Å². The van der Waals surface area contributed by atoms with E-state index < -0.39 is 0 Å². The van der Waals surface area contributed by atoms with Crippen LogP contribution < -0.4 is 5.32 Å². The van der Waals surface area contributed by atoms with E-state index in [9.17, 15) is 4.79 Å². The van der Waals surface area contributed by atoms with Crippen molar-refractivity contribution in [3.63, 3.8) is 0 Å². The molecule has 6 heteroatoms. The molecule has 2 heterocycles. The van der Waals surface area contributed by atoms with Crippen molar-refractivity contribution in [2.24, 2.45) is 0 Å². The Bertz CT molecular complexity index is 545. The predicted molar refractivity (Wildman–Crippen MR) is 63.2 cm³/mol. The molecule has 2 aromatic rings. The smallest absolute Gasteiger partial charge is 0.260 e. The number of rotatable bonds is 2. The minimum Gasteiger partial charge on any atom is -0.361 e. The molecule has 0 spiro atoms. The lowest BCUT2D eigenvalue weighted by atomic mass is 10.2. The highest BCUT2D eigenvalue weighted by Crippen LogP contribution is 2.23. The van der Waals surface area contributed by atoms with Crippen molar-refractivity contribution in [3.05, 3.63) is 40.5 Å². The number of aromatic nitrogens is 2. The van der Waals surface area contributed by atoms with Crippen molar-refractivity contribution in [1.82, 2.24) is 10.1 Å². The van der Waals surface area contributed by atoms with Gasteiger partial charge in [-0.2, -0.15) is 0 Å². The van der Waals surface area contributed by atoms with Crippen LogP contribution in [0.25, 0.3) is 0 Å². The van der Waals surface area contributed by atoms with E-state index >= 15 is 0 Å². The topological polar surface area (TPSA) is 68.0 Å². The highest BCUT2D eigenvalue weighted by molar-refractivity contribution is 6.32. The predicted octanol–water partition coefficient (Wildman–Crippen LogP) is 2.59. The average Bonchev–Trinajstić information content (AvgIpc) is 2.70. The van der Waals surface area contributed by atoms with Crippen molar-refractivity contribution in [2.75, 3.05) is 5.32 Å². The second-order valence-corrected chi connectivity index (χ2v) is 3.90. The fourth-order valence-electron chi connectivity index (χ4n) is 1.37. The standard InChI is InChI=1S/C11H10ClN3O2/c1-6-3-4-13-10(12)9(6)15-11(16)8-5-14-17-7(8)2/h3-5H,1-2H3,(H,15,16). The van der Waals surface area contributed by atoms with Crippen LogP contribution in [0.4, 0.5) is 5.69 Å². The van der Waals surface area contributed by atoms with Crippen molar-refractivity contribution in [3.8, 4) is 0 Å². The number of carbonyl (C=O) groups excluding carboxylic acids is 1. The molecule has 1 amide bonds. The number of pyridine rings is 1. The van der Waals surface area contributed by atoms with E-state index in [0.29, 0.717) is 17.0 Å². The number of anilines is 1. The zero-order valence-electron chi connectivity index (χ0n) is 9.32. The van der Waals surface area contributed by atoms with Crippen LogP contribution in [-0.4, -0.2) is 16.0 Å². The van der Waals surface area contributed by atoms with Crippen molar-refractivity contribution >= 4 is 23.2 Å². The molecule has 0 aliphatic carbocycles. The minimum absolute atomic E-state index is 0.257. The van der Waals surface area contributed by atoms with E-state index in [1.807, 2.05) is 6.92 Å². The Morgan fingerprint density at radius 1 is 1.47 bits per heavy atom. The lowest BCUT2D eigenvalue weighted by Gasteiger charge is -2.08. The van der Waals surface area contributed by atoms with Gasteiger partial charge >= 0.3 is 0 Å². The molecular formula is C11H10ClN3O2. The van der Waals surface area contributed by atoms with E-state index in [2.05, 4.69) is 15.5 Å². The van der Waals surface area contributed by atoms with Crippen molar-refractivity contribution in [2.45, 2.75) is 13.8 Å². The summed E-state index contributed by atoms with van der Waals surface area (Å²) in [5.41, 5.74) is 1.72. The summed E-state index contributed by atoms with van der Waals surface area (Å²) in [5, 5.41) is 6.49. The van der Waals surface area contributed by atoms with E-state index in [0.717, 1.165) is 5.56 Å². The maximum atomic E-state index is 11.9. The first-order valence-electron chi connectivity index (χ1n) is 4.93. The minimum atomic E-state index is -0.318. The number of nitrogens with one attached hydrogen (secondary N) is 1. The third kappa shape index (κ3) is 2.29.